The average Bonchev–Trinajstić information content (AvgIpc) is 1.70. The van der Waals surface area contributed by atoms with Crippen LogP contribution in [0.2, 0.25) is 0 Å². The van der Waals surface area contributed by atoms with Gasteiger partial charge in [0.1, 0.15) is 0 Å². The van der Waals surface area contributed by atoms with Crippen LogP contribution in [0.15, 0.2) is 140 Å². The molecule has 2 unspecified atom stereocenters. The molecular formula is C89H109BS. The second-order valence-electron chi connectivity index (χ2n) is 35.9. The molecule has 0 spiro atoms. The van der Waals surface area contributed by atoms with Gasteiger partial charge >= 0.3 is 0 Å². The lowest BCUT2D eigenvalue weighted by molar-refractivity contribution is 0.331. The van der Waals surface area contributed by atoms with Gasteiger partial charge < -0.3 is 0 Å². The second kappa shape index (κ2) is 22.6. The third-order valence-electron chi connectivity index (χ3n) is 23.1. The van der Waals surface area contributed by atoms with Crippen LogP contribution in [-0.2, 0) is 56.2 Å². The normalized spacial score (nSPS) is 17.9. The van der Waals surface area contributed by atoms with Gasteiger partial charge in [-0.15, -0.1) is 11.3 Å². The van der Waals surface area contributed by atoms with Gasteiger partial charge in [0.2, 0.25) is 6.71 Å². The highest BCUT2D eigenvalue weighted by molar-refractivity contribution is 7.26. The van der Waals surface area contributed by atoms with Gasteiger partial charge in [0.05, 0.1) is 0 Å². The van der Waals surface area contributed by atoms with Crippen LogP contribution in [-0.4, -0.2) is 6.71 Å². The summed E-state index contributed by atoms with van der Waals surface area (Å²) in [7, 11) is 0. The molecule has 9 aromatic rings. The van der Waals surface area contributed by atoms with Gasteiger partial charge in [0.15, 0.2) is 0 Å². The third kappa shape index (κ3) is 12.0. The van der Waals surface area contributed by atoms with E-state index in [4.69, 9.17) is 0 Å². The Morgan fingerprint density at radius 3 is 1.60 bits per heavy atom. The summed E-state index contributed by atoms with van der Waals surface area (Å²) < 4.78 is 2.81. The monoisotopic (exact) mass is 1220 g/mol. The minimum absolute atomic E-state index is 0.0173. The Labute approximate surface area is 556 Å². The predicted molar refractivity (Wildman–Crippen MR) is 401 cm³/mol. The standard InChI is InChI=1S/C89H109BS/c1-54-46-73-74(87(18,19)44-43-86(73,16)17)48-60(54)33-40-67-71-51-75-76(89(22,23)53-88(75,20)21)52-78(71)90(80-55(2)45-64(49-72(67)80)85(13,14)15)77-42-28-57(27-39-66(58-29-34-61(35-30-58)82(4,5)6)59-31-36-62(37-32-59)83(7,8)9)47-70(77)56(3)65-25-24-26-69-68-41-38-63(84(10,11)12)50-79(68)91-81(65)69/h24-26,28-32,34-38,41-42,45-52,56,66-67H,27,33,39-40,43-44,53H2,1-23H3. The van der Waals surface area contributed by atoms with Crippen LogP contribution in [0, 0.1) is 13.8 Å². The first kappa shape index (κ1) is 65.1. The average molecular weight is 1220 g/mol. The Morgan fingerprint density at radius 2 is 1.02 bits per heavy atom. The molecule has 2 atom stereocenters. The second-order valence-corrected chi connectivity index (χ2v) is 37.0. The van der Waals surface area contributed by atoms with Crippen molar-refractivity contribution in [1.29, 1.82) is 0 Å². The minimum atomic E-state index is -0.0173. The summed E-state index contributed by atoms with van der Waals surface area (Å²) in [4.78, 5) is 0. The van der Waals surface area contributed by atoms with Gasteiger partial charge in [-0.05, 0) is 203 Å². The molecule has 0 saturated heterocycles. The fourth-order valence-corrected chi connectivity index (χ4v) is 18.7. The van der Waals surface area contributed by atoms with E-state index < -0.39 is 0 Å². The van der Waals surface area contributed by atoms with E-state index >= 15 is 0 Å². The molecule has 0 saturated carbocycles. The van der Waals surface area contributed by atoms with Crippen LogP contribution < -0.4 is 16.4 Å². The summed E-state index contributed by atoms with van der Waals surface area (Å²) in [5.74, 6) is 0.606. The Morgan fingerprint density at radius 1 is 0.473 bits per heavy atom. The highest BCUT2D eigenvalue weighted by atomic mass is 32.1. The van der Waals surface area contributed by atoms with Crippen molar-refractivity contribution < 1.29 is 0 Å². The maximum Gasteiger partial charge on any atom is 0.242 e. The first-order chi connectivity index (χ1) is 42.3. The molecule has 0 radical (unpaired) electrons. The topological polar surface area (TPSA) is 0 Å². The van der Waals surface area contributed by atoms with Crippen LogP contribution >= 0.6 is 11.3 Å². The molecule has 0 nitrogen and oxygen atoms in total. The minimum Gasteiger partial charge on any atom is -0.135 e. The van der Waals surface area contributed by atoms with Gasteiger partial charge in [0, 0.05) is 37.9 Å². The maximum absolute atomic E-state index is 2.79. The van der Waals surface area contributed by atoms with E-state index in [1.54, 1.807) is 38.8 Å². The molecule has 474 valence electrons. The lowest BCUT2D eigenvalue weighted by Gasteiger charge is -2.42. The van der Waals surface area contributed by atoms with Crippen LogP contribution in [0.5, 0.6) is 0 Å². The number of thiophene rings is 1. The van der Waals surface area contributed by atoms with E-state index in [1.165, 1.54) is 111 Å². The fraction of sp³-hybridized carbons (Fsp3) is 0.461. The molecule has 12 rings (SSSR count). The summed E-state index contributed by atoms with van der Waals surface area (Å²) in [5.41, 5.74) is 31.7. The molecule has 2 heterocycles. The largest absolute Gasteiger partial charge is 0.242 e. The third-order valence-corrected chi connectivity index (χ3v) is 24.3. The molecule has 3 aliphatic rings. The number of benzene rings is 8. The van der Waals surface area contributed by atoms with Crippen molar-refractivity contribution in [2.24, 2.45) is 0 Å². The number of rotatable bonds is 11. The van der Waals surface area contributed by atoms with E-state index in [0.717, 1.165) is 32.1 Å². The zero-order valence-electron chi connectivity index (χ0n) is 60.4. The Kier molecular flexibility index (Phi) is 16.2. The first-order valence-electron chi connectivity index (χ1n) is 35.1. The summed E-state index contributed by atoms with van der Waals surface area (Å²) >= 11 is 2.01. The Balaban J connectivity index is 1.07. The zero-order valence-corrected chi connectivity index (χ0v) is 61.3. The molecule has 0 N–H and O–H groups in total. The smallest absolute Gasteiger partial charge is 0.135 e. The lowest BCUT2D eigenvalue weighted by atomic mass is 9.31. The SMILES string of the molecule is Cc1cc2c(cc1CCC1c3cc4c(cc3B(c3ccc(CCC(c5ccc(C(C)(C)C)cc5)c5ccc(C(C)(C)C)cc5)cc3C(C)c3cccc5c3sc3cc(C(C)(C)C)ccc35)c3c(C)cc(C(C)(C)C)cc31)C(C)(C)CC4(C)C)C(C)(C)CCC2(C)C. The van der Waals surface area contributed by atoms with Crippen molar-refractivity contribution in [3.8, 4) is 0 Å². The van der Waals surface area contributed by atoms with E-state index in [-0.39, 0.29) is 67.8 Å². The number of aryl methyl sites for hydroxylation is 4. The fourth-order valence-electron chi connectivity index (χ4n) is 17.3. The summed E-state index contributed by atoms with van der Waals surface area (Å²) in [6, 6.07) is 57.9. The van der Waals surface area contributed by atoms with Gasteiger partial charge in [-0.1, -0.05) is 301 Å². The summed E-state index contributed by atoms with van der Waals surface area (Å²) in [6.45, 7) is 55.9. The predicted octanol–water partition coefficient (Wildman–Crippen LogP) is 22.7. The molecule has 0 bridgehead atoms. The van der Waals surface area contributed by atoms with Crippen LogP contribution in [0.4, 0.5) is 0 Å². The maximum atomic E-state index is 2.79. The van der Waals surface area contributed by atoms with Crippen LogP contribution in [0.3, 0.4) is 0 Å². The Hall–Kier alpha value is -5.96. The molecule has 0 fully saturated rings. The molecule has 2 heteroatoms. The number of hydrogen-bond acceptors (Lipinski definition) is 1. The van der Waals surface area contributed by atoms with Crippen LogP contribution in [0.1, 0.15) is 295 Å². The van der Waals surface area contributed by atoms with Gasteiger partial charge in [-0.25, -0.2) is 0 Å². The molecule has 91 heavy (non-hydrogen) atoms. The zero-order chi connectivity index (χ0) is 65.7. The first-order valence-corrected chi connectivity index (χ1v) is 35.9. The molecule has 1 aliphatic heterocycles. The van der Waals surface area contributed by atoms with E-state index in [9.17, 15) is 0 Å². The summed E-state index contributed by atoms with van der Waals surface area (Å²) in [6.07, 6.45) is 7.70. The van der Waals surface area contributed by atoms with Gasteiger partial charge in [-0.2, -0.15) is 0 Å². The highest BCUT2D eigenvalue weighted by Crippen LogP contribution is 2.52. The number of hydrogen-bond donors (Lipinski definition) is 0. The molecule has 2 aliphatic carbocycles. The molecule has 8 aromatic carbocycles. The van der Waals surface area contributed by atoms with Crippen LogP contribution in [0.25, 0.3) is 20.2 Å². The molecule has 0 amide bonds. The lowest BCUT2D eigenvalue weighted by Crippen LogP contribution is -2.60. The van der Waals surface area contributed by atoms with Crippen molar-refractivity contribution in [1.82, 2.24) is 0 Å². The number of fused-ring (bicyclic) bond motifs is 7. The van der Waals surface area contributed by atoms with Gasteiger partial charge in [0.25, 0.3) is 0 Å². The van der Waals surface area contributed by atoms with Crippen molar-refractivity contribution in [3.05, 3.63) is 240 Å². The van der Waals surface area contributed by atoms with Gasteiger partial charge in [-0.3, -0.25) is 0 Å². The van der Waals surface area contributed by atoms with Crippen molar-refractivity contribution in [2.75, 3.05) is 0 Å². The summed E-state index contributed by atoms with van der Waals surface area (Å²) in [5, 5.41) is 2.75. The molecule has 1 aromatic heterocycles. The van der Waals surface area contributed by atoms with E-state index in [2.05, 4.69) is 299 Å². The highest BCUT2D eigenvalue weighted by Gasteiger charge is 2.47. The Bertz CT molecular complexity index is 4210. The van der Waals surface area contributed by atoms with Crippen molar-refractivity contribution in [3.63, 3.8) is 0 Å². The van der Waals surface area contributed by atoms with E-state index in [0.29, 0.717) is 0 Å². The van der Waals surface area contributed by atoms with Crippen molar-refractivity contribution in [2.45, 2.75) is 265 Å². The quantitative estimate of drug-likeness (QED) is 0.113. The molecular weight excluding hydrogens is 1110 g/mol. The van der Waals surface area contributed by atoms with Crippen molar-refractivity contribution >= 4 is 54.6 Å². The van der Waals surface area contributed by atoms with E-state index in [1.807, 2.05) is 11.3 Å².